The topological polar surface area (TPSA) is 132 Å². The van der Waals surface area contributed by atoms with Crippen LogP contribution in [0.15, 0.2) is 42.5 Å². The van der Waals surface area contributed by atoms with Crippen molar-refractivity contribution in [2.75, 3.05) is 42.8 Å². The van der Waals surface area contributed by atoms with Crippen molar-refractivity contribution in [3.63, 3.8) is 0 Å². The van der Waals surface area contributed by atoms with Gasteiger partial charge in [0.05, 0.1) is 17.1 Å². The van der Waals surface area contributed by atoms with E-state index in [-0.39, 0.29) is 31.9 Å². The lowest BCUT2D eigenvalue weighted by molar-refractivity contribution is -0.384. The lowest BCUT2D eigenvalue weighted by Crippen LogP contribution is -2.18. The summed E-state index contributed by atoms with van der Waals surface area (Å²) in [5.74, 6) is -0.461. The van der Waals surface area contributed by atoms with Gasteiger partial charge in [-0.25, -0.2) is 4.79 Å². The highest BCUT2D eigenvalue weighted by Crippen LogP contribution is 2.34. The zero-order chi connectivity index (χ0) is 24.4. The van der Waals surface area contributed by atoms with Gasteiger partial charge in [-0.15, -0.1) is 0 Å². The maximum atomic E-state index is 12.8. The summed E-state index contributed by atoms with van der Waals surface area (Å²) in [6.45, 7) is 0.248. The third-order valence-electron chi connectivity index (χ3n) is 4.10. The molecule has 0 radical (unpaired) electrons. The number of hydrogen-bond donors (Lipinski definition) is 3. The fraction of sp³-hybridized carbons (Fsp3) is 0.300. The zero-order valence-corrected chi connectivity index (χ0v) is 17.4. The quantitative estimate of drug-likeness (QED) is 0.269. The van der Waals surface area contributed by atoms with Gasteiger partial charge < -0.3 is 20.1 Å². The van der Waals surface area contributed by atoms with Gasteiger partial charge in [0.25, 0.3) is 5.69 Å². The second-order valence-corrected chi connectivity index (χ2v) is 6.55. The number of amides is 2. The average molecular weight is 470 g/mol. The second kappa shape index (κ2) is 11.7. The molecule has 0 spiro atoms. The van der Waals surface area contributed by atoms with Crippen LogP contribution in [0.4, 0.5) is 40.7 Å². The number of halogens is 3. The first-order chi connectivity index (χ1) is 15.6. The smallest absolute Gasteiger partial charge is 0.416 e. The van der Waals surface area contributed by atoms with E-state index in [2.05, 4.69) is 16.0 Å². The normalized spacial score (nSPS) is 10.9. The molecule has 2 amide bonds. The van der Waals surface area contributed by atoms with E-state index in [1.165, 1.54) is 13.2 Å². The summed E-state index contributed by atoms with van der Waals surface area (Å²) in [6, 6.07) is 8.33. The number of nitrogens with zero attached hydrogens (tertiary/aromatic N) is 1. The van der Waals surface area contributed by atoms with Crippen molar-refractivity contribution in [3.05, 3.63) is 58.1 Å². The molecule has 0 unspecified atom stereocenters. The number of anilines is 3. The largest absolute Gasteiger partial charge is 0.447 e. The van der Waals surface area contributed by atoms with E-state index in [4.69, 9.17) is 9.47 Å². The molecule has 0 saturated carbocycles. The van der Waals surface area contributed by atoms with Crippen LogP contribution >= 0.6 is 0 Å². The Hall–Kier alpha value is -3.87. The molecule has 178 valence electrons. The molecular formula is C20H21F3N4O6. The number of methoxy groups -OCH3 is 1. The summed E-state index contributed by atoms with van der Waals surface area (Å²) < 4.78 is 47.9. The van der Waals surface area contributed by atoms with Crippen LogP contribution in [0, 0.1) is 10.1 Å². The maximum Gasteiger partial charge on any atom is 0.416 e. The second-order valence-electron chi connectivity index (χ2n) is 6.55. The summed E-state index contributed by atoms with van der Waals surface area (Å²) >= 11 is 0. The molecule has 2 aromatic rings. The molecule has 0 aliphatic rings. The minimum Gasteiger partial charge on any atom is -0.447 e. The van der Waals surface area contributed by atoms with Crippen molar-refractivity contribution in [2.45, 2.75) is 12.6 Å². The van der Waals surface area contributed by atoms with Gasteiger partial charge in [-0.1, -0.05) is 6.07 Å². The number of nitrogens with one attached hydrogen (secondary N) is 3. The van der Waals surface area contributed by atoms with E-state index < -0.39 is 34.4 Å². The molecule has 0 aromatic heterocycles. The number of alkyl halides is 3. The highest BCUT2D eigenvalue weighted by molar-refractivity contribution is 5.92. The first-order valence-electron chi connectivity index (χ1n) is 9.52. The molecule has 13 heteroatoms. The predicted octanol–water partition coefficient (Wildman–Crippen LogP) is 4.25. The third-order valence-corrected chi connectivity index (χ3v) is 4.10. The Balaban J connectivity index is 1.90. The number of nitro groups is 1. The van der Waals surface area contributed by atoms with Crippen LogP contribution in [0.2, 0.25) is 0 Å². The Bertz CT molecular complexity index is 1000. The molecule has 0 bridgehead atoms. The number of benzene rings is 2. The first-order valence-corrected chi connectivity index (χ1v) is 9.52. The number of hydrogen-bond acceptors (Lipinski definition) is 7. The molecule has 0 aliphatic carbocycles. The highest BCUT2D eigenvalue weighted by Gasteiger charge is 2.33. The molecule has 2 aromatic carbocycles. The van der Waals surface area contributed by atoms with Crippen molar-refractivity contribution >= 4 is 34.7 Å². The van der Waals surface area contributed by atoms with Gasteiger partial charge in [0, 0.05) is 37.5 Å². The molecule has 0 aliphatic heterocycles. The van der Waals surface area contributed by atoms with E-state index in [0.717, 1.165) is 6.07 Å². The van der Waals surface area contributed by atoms with E-state index in [1.807, 2.05) is 0 Å². The van der Waals surface area contributed by atoms with Crippen molar-refractivity contribution in [1.29, 1.82) is 0 Å². The minimum atomic E-state index is -4.72. The first kappa shape index (κ1) is 25.4. The predicted molar refractivity (Wildman–Crippen MR) is 113 cm³/mol. The summed E-state index contributed by atoms with van der Waals surface area (Å²) in [5, 5.41) is 18.8. The van der Waals surface area contributed by atoms with E-state index in [0.29, 0.717) is 23.5 Å². The number of rotatable bonds is 10. The lowest BCUT2D eigenvalue weighted by atomic mass is 10.1. The monoisotopic (exact) mass is 470 g/mol. The van der Waals surface area contributed by atoms with Crippen molar-refractivity contribution < 1.29 is 37.2 Å². The van der Waals surface area contributed by atoms with Crippen LogP contribution in [0.1, 0.15) is 12.0 Å². The van der Waals surface area contributed by atoms with Crippen LogP contribution < -0.4 is 16.0 Å². The molecular weight excluding hydrogens is 449 g/mol. The Morgan fingerprint density at radius 2 is 1.76 bits per heavy atom. The molecule has 2 rings (SSSR count). The maximum absolute atomic E-state index is 12.8. The highest BCUT2D eigenvalue weighted by atomic mass is 19.4. The molecule has 0 fully saturated rings. The fourth-order valence-electron chi connectivity index (χ4n) is 2.59. The van der Waals surface area contributed by atoms with E-state index in [9.17, 15) is 32.9 Å². The number of nitro benzene ring substituents is 1. The summed E-state index contributed by atoms with van der Waals surface area (Å²) in [4.78, 5) is 34.0. The Kier molecular flexibility index (Phi) is 8.98. The van der Waals surface area contributed by atoms with Gasteiger partial charge in [0.2, 0.25) is 5.91 Å². The Morgan fingerprint density at radius 3 is 2.39 bits per heavy atom. The van der Waals surface area contributed by atoms with Crippen LogP contribution in [-0.4, -0.2) is 43.8 Å². The molecule has 33 heavy (non-hydrogen) atoms. The van der Waals surface area contributed by atoms with Gasteiger partial charge in [0.1, 0.15) is 12.3 Å². The van der Waals surface area contributed by atoms with Crippen LogP contribution in [0.25, 0.3) is 0 Å². The Labute approximate surface area is 186 Å². The SMILES string of the molecule is COCCOC(=O)Nc1cccc(NC(=O)CCNc2ccc(C(F)(F)F)cc2[N+](=O)[O-])c1. The molecule has 3 N–H and O–H groups in total. The standard InChI is InChI=1S/C20H21F3N4O6/c1-32-9-10-33-19(29)26-15-4-2-3-14(12-15)25-18(28)7-8-24-16-6-5-13(20(21,22)23)11-17(16)27(30)31/h2-6,11-12,24H,7-10H2,1H3,(H,25,28)(H,26,29). The van der Waals surface area contributed by atoms with Crippen LogP contribution in [0.3, 0.4) is 0 Å². The lowest BCUT2D eigenvalue weighted by Gasteiger charge is -2.11. The zero-order valence-electron chi connectivity index (χ0n) is 17.4. The molecule has 10 nitrogen and oxygen atoms in total. The fourth-order valence-corrected chi connectivity index (χ4v) is 2.59. The van der Waals surface area contributed by atoms with Gasteiger partial charge >= 0.3 is 12.3 Å². The van der Waals surface area contributed by atoms with Crippen molar-refractivity contribution in [3.8, 4) is 0 Å². The van der Waals surface area contributed by atoms with Gasteiger partial charge in [-0.3, -0.25) is 20.2 Å². The summed E-state index contributed by atoms with van der Waals surface area (Å²) in [7, 11) is 1.47. The van der Waals surface area contributed by atoms with E-state index in [1.54, 1.807) is 18.2 Å². The summed E-state index contributed by atoms with van der Waals surface area (Å²) in [6.07, 6.45) is -5.54. The Morgan fingerprint density at radius 1 is 1.06 bits per heavy atom. The van der Waals surface area contributed by atoms with Gasteiger partial charge in [-0.2, -0.15) is 13.2 Å². The average Bonchev–Trinajstić information content (AvgIpc) is 2.73. The molecule has 0 heterocycles. The molecule has 0 atom stereocenters. The minimum absolute atomic E-state index is 0.0677. The number of ether oxygens (including phenoxy) is 2. The van der Waals surface area contributed by atoms with Crippen molar-refractivity contribution in [1.82, 2.24) is 0 Å². The number of carbonyl (C=O) groups is 2. The van der Waals surface area contributed by atoms with E-state index >= 15 is 0 Å². The van der Waals surface area contributed by atoms with Crippen LogP contribution in [-0.2, 0) is 20.4 Å². The molecule has 0 saturated heterocycles. The third kappa shape index (κ3) is 8.29. The summed E-state index contributed by atoms with van der Waals surface area (Å²) in [5.41, 5.74) is -1.29. The number of carbonyl (C=O) groups excluding carboxylic acids is 2. The van der Waals surface area contributed by atoms with Crippen LogP contribution in [0.5, 0.6) is 0 Å². The van der Waals surface area contributed by atoms with Gasteiger partial charge in [-0.05, 0) is 30.3 Å². The van der Waals surface area contributed by atoms with Gasteiger partial charge in [0.15, 0.2) is 0 Å². The van der Waals surface area contributed by atoms with Crippen molar-refractivity contribution in [2.24, 2.45) is 0 Å².